The summed E-state index contributed by atoms with van der Waals surface area (Å²) < 4.78 is 27.3. The van der Waals surface area contributed by atoms with E-state index in [0.29, 0.717) is 13.0 Å². The van der Waals surface area contributed by atoms with Crippen LogP contribution in [0.2, 0.25) is 0 Å². The van der Waals surface area contributed by atoms with Crippen molar-refractivity contribution in [3.05, 3.63) is 65.7 Å². The van der Waals surface area contributed by atoms with Gasteiger partial charge in [-0.25, -0.2) is 8.42 Å². The first-order valence-electron chi connectivity index (χ1n) is 9.99. The zero-order valence-electron chi connectivity index (χ0n) is 15.9. The van der Waals surface area contributed by atoms with Gasteiger partial charge in [-0.2, -0.15) is 4.31 Å². The molecule has 4 rings (SSSR count). The predicted octanol–water partition coefficient (Wildman–Crippen LogP) is 3.28. The van der Waals surface area contributed by atoms with Crippen molar-refractivity contribution in [2.24, 2.45) is 5.92 Å². The Morgan fingerprint density at radius 2 is 1.71 bits per heavy atom. The second-order valence-electron chi connectivity index (χ2n) is 7.67. The van der Waals surface area contributed by atoms with E-state index in [1.54, 1.807) is 30.3 Å². The van der Waals surface area contributed by atoms with Gasteiger partial charge in [0.25, 0.3) is 0 Å². The summed E-state index contributed by atoms with van der Waals surface area (Å²) in [7, 11) is -3.56. The Kier molecular flexibility index (Phi) is 5.51. The van der Waals surface area contributed by atoms with Gasteiger partial charge < -0.3 is 5.32 Å². The number of benzene rings is 2. The summed E-state index contributed by atoms with van der Waals surface area (Å²) in [6, 6.07) is 16.8. The highest BCUT2D eigenvalue weighted by Gasteiger charge is 2.34. The molecule has 1 saturated heterocycles. The maximum absolute atomic E-state index is 13.0. The number of rotatable bonds is 4. The Hall–Kier alpha value is -2.18. The van der Waals surface area contributed by atoms with E-state index in [4.69, 9.17) is 0 Å². The number of aryl methyl sites for hydroxylation is 1. The van der Waals surface area contributed by atoms with E-state index in [1.807, 2.05) is 12.1 Å². The third-order valence-electron chi connectivity index (χ3n) is 5.82. The molecule has 0 saturated carbocycles. The van der Waals surface area contributed by atoms with Crippen molar-refractivity contribution in [1.82, 2.24) is 9.62 Å². The van der Waals surface area contributed by atoms with E-state index in [-0.39, 0.29) is 29.3 Å². The maximum Gasteiger partial charge on any atom is 0.243 e. The summed E-state index contributed by atoms with van der Waals surface area (Å²) in [6.45, 7) is 0.713. The number of hydrogen-bond acceptors (Lipinski definition) is 3. The number of sulfonamides is 1. The summed E-state index contributed by atoms with van der Waals surface area (Å²) in [5, 5.41) is 3.20. The van der Waals surface area contributed by atoms with Gasteiger partial charge in [-0.3, -0.25) is 4.79 Å². The van der Waals surface area contributed by atoms with Crippen molar-refractivity contribution in [3.8, 4) is 0 Å². The second-order valence-corrected chi connectivity index (χ2v) is 9.61. The summed E-state index contributed by atoms with van der Waals surface area (Å²) in [5.74, 6) is -0.337. The number of nitrogens with zero attached hydrogens (tertiary/aromatic N) is 1. The lowest BCUT2D eigenvalue weighted by Gasteiger charge is -2.33. The van der Waals surface area contributed by atoms with Gasteiger partial charge in [0, 0.05) is 13.1 Å². The average molecular weight is 399 g/mol. The molecule has 1 heterocycles. The number of fused-ring (bicyclic) bond motifs is 1. The van der Waals surface area contributed by atoms with Crippen molar-refractivity contribution >= 4 is 15.9 Å². The molecule has 5 nitrogen and oxygen atoms in total. The molecule has 0 radical (unpaired) electrons. The molecule has 148 valence electrons. The minimum absolute atomic E-state index is 0.0264. The molecule has 0 spiro atoms. The molecule has 0 bridgehead atoms. The molecule has 1 N–H and O–H groups in total. The van der Waals surface area contributed by atoms with Crippen LogP contribution < -0.4 is 5.32 Å². The summed E-state index contributed by atoms with van der Waals surface area (Å²) in [5.41, 5.74) is 2.50. The first-order chi connectivity index (χ1) is 13.6. The van der Waals surface area contributed by atoms with Gasteiger partial charge in [-0.05, 0) is 55.4 Å². The lowest BCUT2D eigenvalue weighted by atomic mass is 9.87. The molecule has 2 atom stereocenters. The standard InChI is InChI=1S/C22H26N2O3S/c25-22(23-21-14-6-9-17-8-4-5-13-20(17)21)18-10-7-15-24(16-18)28(26,27)19-11-2-1-3-12-19/h1-5,8,11-13,18,21H,6-7,9-10,14-16H2,(H,23,25)/t18-,21+/m1/s1. The number of hydrogen-bond donors (Lipinski definition) is 1. The maximum atomic E-state index is 13.0. The molecule has 28 heavy (non-hydrogen) atoms. The molecule has 2 aromatic rings. The van der Waals surface area contributed by atoms with Gasteiger partial charge in [0.2, 0.25) is 15.9 Å². The normalized spacial score (nSPS) is 23.0. The van der Waals surface area contributed by atoms with E-state index in [9.17, 15) is 13.2 Å². The van der Waals surface area contributed by atoms with E-state index in [2.05, 4.69) is 17.4 Å². The molecular weight excluding hydrogens is 372 g/mol. The van der Waals surface area contributed by atoms with Crippen LogP contribution >= 0.6 is 0 Å². The fraction of sp³-hybridized carbons (Fsp3) is 0.409. The van der Waals surface area contributed by atoms with Gasteiger partial charge in [-0.15, -0.1) is 0 Å². The van der Waals surface area contributed by atoms with Gasteiger partial charge in [0.05, 0.1) is 16.9 Å². The van der Waals surface area contributed by atoms with Crippen LogP contribution in [0.15, 0.2) is 59.5 Å². The van der Waals surface area contributed by atoms with Crippen LogP contribution in [0.1, 0.15) is 42.9 Å². The first-order valence-corrected chi connectivity index (χ1v) is 11.4. The molecule has 2 aromatic carbocycles. The molecule has 2 aliphatic rings. The zero-order chi connectivity index (χ0) is 19.6. The van der Waals surface area contributed by atoms with Crippen molar-refractivity contribution < 1.29 is 13.2 Å². The molecular formula is C22H26N2O3S. The van der Waals surface area contributed by atoms with Crippen LogP contribution in [0.3, 0.4) is 0 Å². The van der Waals surface area contributed by atoms with Crippen LogP contribution in [0.4, 0.5) is 0 Å². The zero-order valence-corrected chi connectivity index (χ0v) is 16.7. The fourth-order valence-corrected chi connectivity index (χ4v) is 5.85. The van der Waals surface area contributed by atoms with Gasteiger partial charge >= 0.3 is 0 Å². The third kappa shape index (κ3) is 3.84. The Bertz CT molecular complexity index is 943. The molecule has 1 aliphatic heterocycles. The Morgan fingerprint density at radius 1 is 0.964 bits per heavy atom. The molecule has 1 fully saturated rings. The monoisotopic (exact) mass is 398 g/mol. The molecule has 1 amide bonds. The van der Waals surface area contributed by atoms with Gasteiger partial charge in [0.15, 0.2) is 0 Å². The van der Waals surface area contributed by atoms with E-state index >= 15 is 0 Å². The van der Waals surface area contributed by atoms with Gasteiger partial charge in [0.1, 0.15) is 0 Å². The Labute approximate surface area is 166 Å². The number of carbonyl (C=O) groups excluding carboxylic acids is 1. The number of amides is 1. The minimum Gasteiger partial charge on any atom is -0.349 e. The second kappa shape index (κ2) is 8.05. The number of nitrogens with one attached hydrogen (secondary N) is 1. The van der Waals surface area contributed by atoms with Crippen molar-refractivity contribution in [2.75, 3.05) is 13.1 Å². The summed E-state index contributed by atoms with van der Waals surface area (Å²) >= 11 is 0. The molecule has 0 unspecified atom stereocenters. The predicted molar refractivity (Wildman–Crippen MR) is 108 cm³/mol. The smallest absolute Gasteiger partial charge is 0.243 e. The van der Waals surface area contributed by atoms with E-state index < -0.39 is 10.0 Å². The molecule has 1 aliphatic carbocycles. The Morgan fingerprint density at radius 3 is 2.54 bits per heavy atom. The van der Waals surface area contributed by atoms with Crippen molar-refractivity contribution in [2.45, 2.75) is 43.0 Å². The average Bonchev–Trinajstić information content (AvgIpc) is 2.75. The number of piperidine rings is 1. The van der Waals surface area contributed by atoms with E-state index in [0.717, 1.165) is 25.7 Å². The topological polar surface area (TPSA) is 66.5 Å². The molecule has 6 heteroatoms. The van der Waals surface area contributed by atoms with Crippen LogP contribution in [0.25, 0.3) is 0 Å². The van der Waals surface area contributed by atoms with Crippen LogP contribution in [0, 0.1) is 5.92 Å². The lowest BCUT2D eigenvalue weighted by Crippen LogP contribution is -2.46. The highest BCUT2D eigenvalue weighted by Crippen LogP contribution is 2.30. The SMILES string of the molecule is O=C(N[C@H]1CCCc2ccccc21)[C@@H]1CCCN(S(=O)(=O)c2ccccc2)C1. The van der Waals surface area contributed by atoms with Gasteiger partial charge in [-0.1, -0.05) is 42.5 Å². The van der Waals surface area contributed by atoms with Crippen molar-refractivity contribution in [1.29, 1.82) is 0 Å². The largest absolute Gasteiger partial charge is 0.349 e. The third-order valence-corrected chi connectivity index (χ3v) is 7.70. The molecule has 0 aromatic heterocycles. The summed E-state index contributed by atoms with van der Waals surface area (Å²) in [6.07, 6.45) is 4.46. The first kappa shape index (κ1) is 19.2. The lowest BCUT2D eigenvalue weighted by molar-refractivity contribution is -0.127. The quantitative estimate of drug-likeness (QED) is 0.859. The minimum atomic E-state index is -3.56. The summed E-state index contributed by atoms with van der Waals surface area (Å²) in [4.78, 5) is 13.2. The van der Waals surface area contributed by atoms with Crippen LogP contribution in [-0.2, 0) is 21.2 Å². The van der Waals surface area contributed by atoms with Crippen LogP contribution in [0.5, 0.6) is 0 Å². The van der Waals surface area contributed by atoms with E-state index in [1.165, 1.54) is 15.4 Å². The fourth-order valence-electron chi connectivity index (χ4n) is 4.31. The van der Waals surface area contributed by atoms with Crippen LogP contribution in [-0.4, -0.2) is 31.7 Å². The Balaban J connectivity index is 1.46. The highest BCUT2D eigenvalue weighted by atomic mass is 32.2. The highest BCUT2D eigenvalue weighted by molar-refractivity contribution is 7.89. The van der Waals surface area contributed by atoms with Crippen molar-refractivity contribution in [3.63, 3.8) is 0 Å². The number of carbonyl (C=O) groups is 1.